The van der Waals surface area contributed by atoms with Crippen LogP contribution in [0.5, 0.6) is 0 Å². The van der Waals surface area contributed by atoms with Gasteiger partial charge in [0.2, 0.25) is 0 Å². The van der Waals surface area contributed by atoms with E-state index < -0.39 is 12.1 Å². The maximum Gasteiger partial charge on any atom is 0.330 e. The lowest BCUT2D eigenvalue weighted by Crippen LogP contribution is -2.28. The zero-order valence-corrected chi connectivity index (χ0v) is 15.8. The summed E-state index contributed by atoms with van der Waals surface area (Å²) in [6, 6.07) is 18.7. The first-order chi connectivity index (χ1) is 13.7. The van der Waals surface area contributed by atoms with Gasteiger partial charge in [-0.15, -0.1) is 6.58 Å². The minimum atomic E-state index is -0.508. The Labute approximate surface area is 165 Å². The number of fused-ring (bicyclic) bond motifs is 2. The summed E-state index contributed by atoms with van der Waals surface area (Å²) in [6.07, 6.45) is 2.28. The first kappa shape index (κ1) is 19.8. The van der Waals surface area contributed by atoms with E-state index in [2.05, 4.69) is 43.5 Å². The second-order valence-corrected chi connectivity index (χ2v) is 6.40. The molecule has 3 aromatic rings. The highest BCUT2D eigenvalue weighted by atomic mass is 16.6. The molecule has 0 amide bonds. The summed E-state index contributed by atoms with van der Waals surface area (Å²) in [6.45, 7) is 8.31. The molecule has 0 aliphatic carbocycles. The number of esters is 1. The molecule has 0 aliphatic heterocycles. The number of ether oxygens (including phenoxy) is 3. The zero-order valence-electron chi connectivity index (χ0n) is 15.8. The smallest absolute Gasteiger partial charge is 0.330 e. The monoisotopic (exact) mass is 376 g/mol. The molecule has 0 bridgehead atoms. The van der Waals surface area contributed by atoms with E-state index in [-0.39, 0.29) is 13.2 Å². The number of carbonyl (C=O) groups is 1. The van der Waals surface area contributed by atoms with Crippen LogP contribution < -0.4 is 0 Å². The van der Waals surface area contributed by atoms with Crippen LogP contribution in [0.15, 0.2) is 79.9 Å². The molecule has 144 valence electrons. The van der Waals surface area contributed by atoms with Crippen molar-refractivity contribution in [1.29, 1.82) is 0 Å². The van der Waals surface area contributed by atoms with Gasteiger partial charge in [-0.3, -0.25) is 0 Å². The van der Waals surface area contributed by atoms with Gasteiger partial charge in [0.25, 0.3) is 0 Å². The van der Waals surface area contributed by atoms with Crippen LogP contribution in [-0.2, 0) is 25.6 Å². The van der Waals surface area contributed by atoms with Crippen molar-refractivity contribution in [2.45, 2.75) is 12.7 Å². The van der Waals surface area contributed by atoms with E-state index in [1.807, 2.05) is 24.3 Å². The quantitative estimate of drug-likeness (QED) is 0.167. The topological polar surface area (TPSA) is 44.8 Å². The van der Waals surface area contributed by atoms with Crippen LogP contribution in [0.2, 0.25) is 0 Å². The van der Waals surface area contributed by atoms with Crippen molar-refractivity contribution in [3.05, 3.63) is 85.5 Å². The van der Waals surface area contributed by atoms with Gasteiger partial charge in [0, 0.05) is 6.08 Å². The molecule has 1 atom stereocenters. The van der Waals surface area contributed by atoms with Gasteiger partial charge in [0.1, 0.15) is 6.10 Å². The summed E-state index contributed by atoms with van der Waals surface area (Å²) in [4.78, 5) is 11.6. The molecule has 28 heavy (non-hydrogen) atoms. The summed E-state index contributed by atoms with van der Waals surface area (Å²) in [5, 5.41) is 4.65. The van der Waals surface area contributed by atoms with Gasteiger partial charge in [0.15, 0.2) is 0 Å². The van der Waals surface area contributed by atoms with Crippen LogP contribution >= 0.6 is 0 Å². The fourth-order valence-electron chi connectivity index (χ4n) is 3.17. The molecule has 0 aliphatic rings. The van der Waals surface area contributed by atoms with E-state index in [1.54, 1.807) is 6.08 Å². The van der Waals surface area contributed by atoms with E-state index in [1.165, 1.54) is 10.8 Å². The van der Waals surface area contributed by atoms with Crippen LogP contribution in [0.1, 0.15) is 5.56 Å². The minimum absolute atomic E-state index is 0.230. The van der Waals surface area contributed by atoms with Crippen molar-refractivity contribution in [1.82, 2.24) is 0 Å². The third-order valence-electron chi connectivity index (χ3n) is 4.42. The van der Waals surface area contributed by atoms with Gasteiger partial charge in [-0.05, 0) is 33.2 Å². The predicted octanol–water partition coefficient (Wildman–Crippen LogP) is 4.81. The van der Waals surface area contributed by atoms with Crippen molar-refractivity contribution in [2.24, 2.45) is 0 Å². The number of benzene rings is 3. The Hall–Kier alpha value is -2.95. The van der Waals surface area contributed by atoms with Gasteiger partial charge in [-0.2, -0.15) is 0 Å². The first-order valence-electron chi connectivity index (χ1n) is 9.21. The molecule has 0 radical (unpaired) electrons. The van der Waals surface area contributed by atoms with Crippen molar-refractivity contribution in [3.63, 3.8) is 0 Å². The molecule has 0 N–H and O–H groups in total. The number of hydrogen-bond donors (Lipinski definition) is 0. The Morgan fingerprint density at radius 1 is 0.929 bits per heavy atom. The van der Waals surface area contributed by atoms with Crippen molar-refractivity contribution < 1.29 is 19.0 Å². The molecule has 0 aromatic heterocycles. The Morgan fingerprint density at radius 3 is 2.14 bits per heavy atom. The maximum atomic E-state index is 11.6. The third-order valence-corrected chi connectivity index (χ3v) is 4.42. The Bertz CT molecular complexity index is 923. The van der Waals surface area contributed by atoms with E-state index in [0.29, 0.717) is 13.2 Å². The lowest BCUT2D eigenvalue weighted by molar-refractivity contribution is -0.150. The summed E-state index contributed by atoms with van der Waals surface area (Å²) in [5.74, 6) is -0.494. The van der Waals surface area contributed by atoms with Gasteiger partial charge < -0.3 is 14.2 Å². The largest absolute Gasteiger partial charge is 0.454 e. The molecule has 0 heterocycles. The Balaban J connectivity index is 1.77. The minimum Gasteiger partial charge on any atom is -0.454 e. The second-order valence-electron chi connectivity index (χ2n) is 6.40. The van der Waals surface area contributed by atoms with Crippen molar-refractivity contribution in [2.75, 3.05) is 19.8 Å². The average Bonchev–Trinajstić information content (AvgIpc) is 2.73. The molecule has 3 rings (SSSR count). The molecule has 4 nitrogen and oxygen atoms in total. The molecule has 0 spiro atoms. The summed E-state index contributed by atoms with van der Waals surface area (Å²) >= 11 is 0. The SMILES string of the molecule is C=CCOCC(COCc1c2ccccc2cc2ccccc12)OC(=O)C=C. The molecule has 0 saturated heterocycles. The van der Waals surface area contributed by atoms with Gasteiger partial charge in [-0.1, -0.05) is 61.2 Å². The molecule has 0 saturated carbocycles. The fraction of sp³-hybridized carbons (Fsp3) is 0.208. The first-order valence-corrected chi connectivity index (χ1v) is 9.21. The summed E-state index contributed by atoms with van der Waals surface area (Å²) in [7, 11) is 0. The fourth-order valence-corrected chi connectivity index (χ4v) is 3.17. The van der Waals surface area contributed by atoms with E-state index >= 15 is 0 Å². The van der Waals surface area contributed by atoms with E-state index in [0.717, 1.165) is 22.4 Å². The van der Waals surface area contributed by atoms with Crippen molar-refractivity contribution in [3.8, 4) is 0 Å². The summed E-state index contributed by atoms with van der Waals surface area (Å²) in [5.41, 5.74) is 1.12. The average molecular weight is 376 g/mol. The second kappa shape index (κ2) is 9.83. The van der Waals surface area contributed by atoms with Gasteiger partial charge >= 0.3 is 5.97 Å². The molecular formula is C24H24O4. The van der Waals surface area contributed by atoms with E-state index in [9.17, 15) is 4.79 Å². The zero-order chi connectivity index (χ0) is 19.8. The normalized spacial score (nSPS) is 12.0. The highest BCUT2D eigenvalue weighted by Crippen LogP contribution is 2.29. The Kier molecular flexibility index (Phi) is 6.95. The van der Waals surface area contributed by atoms with Crippen LogP contribution in [0.3, 0.4) is 0 Å². The van der Waals surface area contributed by atoms with E-state index in [4.69, 9.17) is 14.2 Å². The molecule has 0 fully saturated rings. The molecular weight excluding hydrogens is 352 g/mol. The third kappa shape index (κ3) is 4.85. The lowest BCUT2D eigenvalue weighted by Gasteiger charge is -2.18. The molecule has 1 unspecified atom stereocenters. The highest BCUT2D eigenvalue weighted by molar-refractivity contribution is 6.02. The van der Waals surface area contributed by atoms with Gasteiger partial charge in [-0.25, -0.2) is 4.79 Å². The maximum absolute atomic E-state index is 11.6. The number of hydrogen-bond acceptors (Lipinski definition) is 4. The van der Waals surface area contributed by atoms with Gasteiger partial charge in [0.05, 0.1) is 26.4 Å². The van der Waals surface area contributed by atoms with Crippen molar-refractivity contribution >= 4 is 27.5 Å². The van der Waals surface area contributed by atoms with Crippen LogP contribution in [0.4, 0.5) is 0 Å². The predicted molar refractivity (Wildman–Crippen MR) is 112 cm³/mol. The standard InChI is InChI=1S/C24H24O4/c1-3-13-26-15-20(28-24(25)4-2)16-27-17-23-21-11-7-5-9-18(21)14-19-10-6-8-12-22(19)23/h3-12,14,20H,1-2,13,15-17H2. The van der Waals surface area contributed by atoms with Crippen LogP contribution in [-0.4, -0.2) is 31.9 Å². The van der Waals surface area contributed by atoms with Crippen LogP contribution in [0, 0.1) is 0 Å². The summed E-state index contributed by atoms with van der Waals surface area (Å²) < 4.78 is 16.7. The highest BCUT2D eigenvalue weighted by Gasteiger charge is 2.15. The lowest BCUT2D eigenvalue weighted by atomic mass is 9.97. The Morgan fingerprint density at radius 2 is 1.54 bits per heavy atom. The number of carbonyl (C=O) groups excluding carboxylic acids is 1. The van der Waals surface area contributed by atoms with Crippen LogP contribution in [0.25, 0.3) is 21.5 Å². The number of rotatable bonds is 10. The molecule has 3 aromatic carbocycles. The molecule has 4 heteroatoms.